The van der Waals surface area contributed by atoms with Gasteiger partial charge in [-0.25, -0.2) is 0 Å². The van der Waals surface area contributed by atoms with Crippen LogP contribution in [0.1, 0.15) is 12.0 Å². The first-order valence-electron chi connectivity index (χ1n) is 5.94. The number of methoxy groups -OCH3 is 1. The summed E-state index contributed by atoms with van der Waals surface area (Å²) in [5.74, 6) is 0.0319. The van der Waals surface area contributed by atoms with Gasteiger partial charge < -0.3 is 9.64 Å². The summed E-state index contributed by atoms with van der Waals surface area (Å²) >= 11 is 5.80. The Morgan fingerprint density at radius 1 is 1.44 bits per heavy atom. The highest BCUT2D eigenvalue weighted by molar-refractivity contribution is 6.30. The number of hydrogen-bond donors (Lipinski definition) is 0. The van der Waals surface area contributed by atoms with Crippen LogP contribution in [0.3, 0.4) is 0 Å². The Balaban J connectivity index is 1.93. The molecule has 1 unspecified atom stereocenters. The number of benzene rings is 1. The van der Waals surface area contributed by atoms with Crippen LogP contribution in [0.5, 0.6) is 0 Å². The molecule has 1 saturated heterocycles. The lowest BCUT2D eigenvalue weighted by Gasteiger charge is -2.13. The van der Waals surface area contributed by atoms with Crippen molar-refractivity contribution in [3.8, 4) is 0 Å². The van der Waals surface area contributed by atoms with Crippen molar-refractivity contribution in [2.75, 3.05) is 20.2 Å². The van der Waals surface area contributed by atoms with Gasteiger partial charge in [0, 0.05) is 31.3 Å². The van der Waals surface area contributed by atoms with Crippen LogP contribution in [0, 0.1) is 0 Å². The van der Waals surface area contributed by atoms with E-state index in [1.54, 1.807) is 24.2 Å². The third kappa shape index (κ3) is 3.34. The highest BCUT2D eigenvalue weighted by Gasteiger charge is 2.24. The van der Waals surface area contributed by atoms with Gasteiger partial charge in [-0.1, -0.05) is 23.7 Å². The highest BCUT2D eigenvalue weighted by Crippen LogP contribution is 2.14. The molecule has 0 N–H and O–H groups in total. The zero-order valence-corrected chi connectivity index (χ0v) is 11.1. The topological polar surface area (TPSA) is 29.5 Å². The third-order valence-corrected chi connectivity index (χ3v) is 3.33. The Kier molecular flexibility index (Phi) is 4.39. The molecule has 96 valence electrons. The van der Waals surface area contributed by atoms with Crippen LogP contribution in [0.15, 0.2) is 30.3 Å². The Morgan fingerprint density at radius 3 is 2.78 bits per heavy atom. The molecule has 1 aromatic rings. The van der Waals surface area contributed by atoms with Gasteiger partial charge in [-0.15, -0.1) is 0 Å². The third-order valence-electron chi connectivity index (χ3n) is 3.08. The van der Waals surface area contributed by atoms with Gasteiger partial charge in [0.15, 0.2) is 0 Å². The van der Waals surface area contributed by atoms with E-state index >= 15 is 0 Å². The lowest BCUT2D eigenvalue weighted by atomic mass is 10.2. The van der Waals surface area contributed by atoms with E-state index in [-0.39, 0.29) is 12.0 Å². The molecule has 0 spiro atoms. The summed E-state index contributed by atoms with van der Waals surface area (Å²) in [4.78, 5) is 13.7. The Morgan fingerprint density at radius 2 is 2.17 bits per heavy atom. The van der Waals surface area contributed by atoms with Gasteiger partial charge in [0.25, 0.3) is 0 Å². The second-order valence-corrected chi connectivity index (χ2v) is 4.75. The molecule has 0 aromatic heterocycles. The van der Waals surface area contributed by atoms with Gasteiger partial charge >= 0.3 is 0 Å². The van der Waals surface area contributed by atoms with Crippen LogP contribution in [0.4, 0.5) is 0 Å². The Hall–Kier alpha value is -1.32. The summed E-state index contributed by atoms with van der Waals surface area (Å²) in [7, 11) is 1.68. The minimum atomic E-state index is 0.0319. The van der Waals surface area contributed by atoms with E-state index in [4.69, 9.17) is 16.3 Å². The molecule has 1 atom stereocenters. The van der Waals surface area contributed by atoms with Crippen LogP contribution >= 0.6 is 11.6 Å². The van der Waals surface area contributed by atoms with Crippen LogP contribution < -0.4 is 0 Å². The number of hydrogen-bond acceptors (Lipinski definition) is 2. The molecule has 0 bridgehead atoms. The highest BCUT2D eigenvalue weighted by atomic mass is 35.5. The quantitative estimate of drug-likeness (QED) is 0.787. The number of nitrogens with zero attached hydrogens (tertiary/aromatic N) is 1. The maximum absolute atomic E-state index is 11.9. The molecule has 0 radical (unpaired) electrons. The molecule has 0 aliphatic carbocycles. The molecule has 4 heteroatoms. The second kappa shape index (κ2) is 6.03. The fraction of sp³-hybridized carbons (Fsp3) is 0.357. The van der Waals surface area contributed by atoms with Gasteiger partial charge in [-0.2, -0.15) is 0 Å². The predicted octanol–water partition coefficient (Wildman–Crippen LogP) is 2.60. The summed E-state index contributed by atoms with van der Waals surface area (Å²) in [6.45, 7) is 1.45. The fourth-order valence-electron chi connectivity index (χ4n) is 1.97. The molecular formula is C14H16ClNO2. The van der Waals surface area contributed by atoms with Crippen LogP contribution in [0.2, 0.25) is 5.02 Å². The number of amides is 1. The average molecular weight is 266 g/mol. The molecule has 1 heterocycles. The number of ether oxygens (including phenoxy) is 1. The number of rotatable bonds is 3. The van der Waals surface area contributed by atoms with Crippen molar-refractivity contribution in [3.05, 3.63) is 40.9 Å². The van der Waals surface area contributed by atoms with Gasteiger partial charge in [0.2, 0.25) is 5.91 Å². The maximum atomic E-state index is 11.9. The Labute approximate surface area is 112 Å². The van der Waals surface area contributed by atoms with E-state index < -0.39 is 0 Å². The monoisotopic (exact) mass is 265 g/mol. The normalized spacial score (nSPS) is 19.7. The largest absolute Gasteiger partial charge is 0.380 e. The minimum absolute atomic E-state index is 0.0319. The SMILES string of the molecule is COC1CCN(C(=O)/C=C/c2ccc(Cl)cc2)C1. The molecule has 1 aliphatic rings. The maximum Gasteiger partial charge on any atom is 0.246 e. The van der Waals surface area contributed by atoms with E-state index in [9.17, 15) is 4.79 Å². The fourth-order valence-corrected chi connectivity index (χ4v) is 2.09. The molecule has 1 fully saturated rings. The van der Waals surface area contributed by atoms with Gasteiger partial charge in [-0.3, -0.25) is 4.79 Å². The summed E-state index contributed by atoms with van der Waals surface area (Å²) in [6.07, 6.45) is 4.50. The zero-order valence-electron chi connectivity index (χ0n) is 10.3. The number of halogens is 1. The van der Waals surface area contributed by atoms with Crippen LogP contribution in [0.25, 0.3) is 6.08 Å². The molecule has 0 saturated carbocycles. The van der Waals surface area contributed by atoms with Crippen LogP contribution in [-0.2, 0) is 9.53 Å². The standard InChI is InChI=1S/C14H16ClNO2/c1-18-13-8-9-16(10-13)14(17)7-4-11-2-5-12(15)6-3-11/h2-7,13H,8-10H2,1H3/b7-4+. The van der Waals surface area contributed by atoms with Crippen molar-refractivity contribution in [2.45, 2.75) is 12.5 Å². The first-order valence-corrected chi connectivity index (χ1v) is 6.32. The lowest BCUT2D eigenvalue weighted by Crippen LogP contribution is -2.28. The van der Waals surface area contributed by atoms with E-state index in [1.807, 2.05) is 24.3 Å². The summed E-state index contributed by atoms with van der Waals surface area (Å²) in [5, 5.41) is 0.695. The van der Waals surface area contributed by atoms with Gasteiger partial charge in [-0.05, 0) is 30.2 Å². The summed E-state index contributed by atoms with van der Waals surface area (Å²) < 4.78 is 5.23. The van der Waals surface area contributed by atoms with E-state index in [1.165, 1.54) is 0 Å². The Bertz CT molecular complexity index is 442. The second-order valence-electron chi connectivity index (χ2n) is 4.32. The molecule has 1 aromatic carbocycles. The van der Waals surface area contributed by atoms with Crippen molar-refractivity contribution in [1.29, 1.82) is 0 Å². The first kappa shape index (κ1) is 13.1. The number of carbonyl (C=O) groups is 1. The number of carbonyl (C=O) groups excluding carboxylic acids is 1. The molecule has 1 amide bonds. The molecule has 2 rings (SSSR count). The van der Waals surface area contributed by atoms with Crippen molar-refractivity contribution >= 4 is 23.6 Å². The molecule has 3 nitrogen and oxygen atoms in total. The van der Waals surface area contributed by atoms with Crippen molar-refractivity contribution < 1.29 is 9.53 Å². The van der Waals surface area contributed by atoms with E-state index in [0.29, 0.717) is 11.6 Å². The van der Waals surface area contributed by atoms with E-state index in [2.05, 4.69) is 0 Å². The lowest BCUT2D eigenvalue weighted by molar-refractivity contribution is -0.125. The van der Waals surface area contributed by atoms with Crippen molar-refractivity contribution in [2.24, 2.45) is 0 Å². The first-order chi connectivity index (χ1) is 8.69. The van der Waals surface area contributed by atoms with E-state index in [0.717, 1.165) is 18.5 Å². The molecule has 1 aliphatic heterocycles. The molecule has 18 heavy (non-hydrogen) atoms. The smallest absolute Gasteiger partial charge is 0.246 e. The molecular weight excluding hydrogens is 250 g/mol. The minimum Gasteiger partial charge on any atom is -0.380 e. The number of likely N-dealkylation sites (tertiary alicyclic amines) is 1. The summed E-state index contributed by atoms with van der Waals surface area (Å²) in [6, 6.07) is 7.38. The van der Waals surface area contributed by atoms with Crippen LogP contribution in [-0.4, -0.2) is 37.1 Å². The zero-order chi connectivity index (χ0) is 13.0. The van der Waals surface area contributed by atoms with Gasteiger partial charge in [0.05, 0.1) is 6.10 Å². The summed E-state index contributed by atoms with van der Waals surface area (Å²) in [5.41, 5.74) is 0.968. The van der Waals surface area contributed by atoms with Crippen molar-refractivity contribution in [3.63, 3.8) is 0 Å². The van der Waals surface area contributed by atoms with Gasteiger partial charge in [0.1, 0.15) is 0 Å². The average Bonchev–Trinajstić information content (AvgIpc) is 2.86. The predicted molar refractivity (Wildman–Crippen MR) is 72.5 cm³/mol. The van der Waals surface area contributed by atoms with Crippen molar-refractivity contribution in [1.82, 2.24) is 4.90 Å².